The quantitative estimate of drug-likeness (QED) is 0.748. The first-order valence-corrected chi connectivity index (χ1v) is 7.69. The molecule has 0 aliphatic carbocycles. The Bertz CT molecular complexity index is 707. The van der Waals surface area contributed by atoms with Gasteiger partial charge in [-0.3, -0.25) is 4.79 Å². The number of anilines is 2. The molecular weight excluding hydrogens is 330 g/mol. The van der Waals surface area contributed by atoms with Gasteiger partial charge >= 0.3 is 6.03 Å². The van der Waals surface area contributed by atoms with E-state index in [2.05, 4.69) is 16.0 Å². The number of hydrogen-bond acceptors (Lipinski definition) is 3. The number of amides is 3. The highest BCUT2D eigenvalue weighted by atomic mass is 35.5. The summed E-state index contributed by atoms with van der Waals surface area (Å²) in [5.41, 5.74) is 1.17. The van der Waals surface area contributed by atoms with Crippen molar-refractivity contribution in [3.8, 4) is 5.75 Å². The first-order chi connectivity index (χ1) is 11.6. The number of rotatable bonds is 6. The average Bonchev–Trinajstić information content (AvgIpc) is 2.56. The molecule has 0 saturated carbocycles. The molecule has 3 amide bonds. The summed E-state index contributed by atoms with van der Waals surface area (Å²) in [6.45, 7) is 0.202. The normalized spacial score (nSPS) is 9.92. The Morgan fingerprint density at radius 2 is 1.83 bits per heavy atom. The van der Waals surface area contributed by atoms with E-state index in [-0.39, 0.29) is 24.9 Å². The maximum Gasteiger partial charge on any atom is 0.319 e. The fourth-order valence-electron chi connectivity index (χ4n) is 1.98. The van der Waals surface area contributed by atoms with Gasteiger partial charge in [-0.25, -0.2) is 4.79 Å². The summed E-state index contributed by atoms with van der Waals surface area (Å²) < 4.78 is 5.16. The highest BCUT2D eigenvalue weighted by molar-refractivity contribution is 6.31. The number of para-hydroxylation sites is 1. The van der Waals surface area contributed by atoms with Gasteiger partial charge in [0.25, 0.3) is 0 Å². The molecule has 2 rings (SSSR count). The van der Waals surface area contributed by atoms with Gasteiger partial charge in [0.15, 0.2) is 0 Å². The second-order valence-corrected chi connectivity index (χ2v) is 5.33. The summed E-state index contributed by atoms with van der Waals surface area (Å²) in [5.74, 6) is 0.262. The molecule has 24 heavy (non-hydrogen) atoms. The molecule has 0 aliphatic heterocycles. The summed E-state index contributed by atoms with van der Waals surface area (Å²) in [5, 5.41) is 8.49. The largest absolute Gasteiger partial charge is 0.495 e. The number of halogens is 1. The Kier molecular flexibility index (Phi) is 6.45. The molecule has 0 aliphatic rings. The fraction of sp³-hybridized carbons (Fsp3) is 0.176. The van der Waals surface area contributed by atoms with Crippen molar-refractivity contribution in [3.63, 3.8) is 0 Å². The van der Waals surface area contributed by atoms with Gasteiger partial charge < -0.3 is 20.7 Å². The van der Waals surface area contributed by atoms with E-state index in [0.29, 0.717) is 22.1 Å². The number of benzene rings is 2. The van der Waals surface area contributed by atoms with Crippen LogP contribution in [-0.2, 0) is 4.79 Å². The van der Waals surface area contributed by atoms with Gasteiger partial charge in [0, 0.05) is 23.7 Å². The molecule has 0 heterocycles. The highest BCUT2D eigenvalue weighted by Crippen LogP contribution is 2.27. The van der Waals surface area contributed by atoms with Gasteiger partial charge in [-0.1, -0.05) is 29.8 Å². The maximum atomic E-state index is 12.0. The first-order valence-electron chi connectivity index (χ1n) is 7.32. The summed E-state index contributed by atoms with van der Waals surface area (Å²) in [4.78, 5) is 23.7. The molecule has 0 atom stereocenters. The van der Waals surface area contributed by atoms with Crippen molar-refractivity contribution in [1.82, 2.24) is 5.32 Å². The van der Waals surface area contributed by atoms with Crippen molar-refractivity contribution in [3.05, 3.63) is 53.6 Å². The lowest BCUT2D eigenvalue weighted by molar-refractivity contribution is -0.116. The van der Waals surface area contributed by atoms with Gasteiger partial charge in [-0.2, -0.15) is 0 Å². The minimum absolute atomic E-state index is 0.123. The lowest BCUT2D eigenvalue weighted by Crippen LogP contribution is -2.31. The molecule has 0 saturated heterocycles. The zero-order valence-electron chi connectivity index (χ0n) is 13.1. The Morgan fingerprint density at radius 1 is 1.08 bits per heavy atom. The van der Waals surface area contributed by atoms with Gasteiger partial charge in [-0.15, -0.1) is 0 Å². The molecule has 0 radical (unpaired) electrons. The number of methoxy groups -OCH3 is 1. The Labute approximate surface area is 145 Å². The molecule has 126 valence electrons. The van der Waals surface area contributed by atoms with Crippen molar-refractivity contribution in [1.29, 1.82) is 0 Å². The monoisotopic (exact) mass is 347 g/mol. The van der Waals surface area contributed by atoms with Gasteiger partial charge in [0.1, 0.15) is 5.75 Å². The van der Waals surface area contributed by atoms with Crippen LogP contribution in [0.1, 0.15) is 6.42 Å². The van der Waals surface area contributed by atoms with E-state index in [4.69, 9.17) is 16.3 Å². The van der Waals surface area contributed by atoms with E-state index in [1.54, 1.807) is 30.3 Å². The predicted octanol–water partition coefficient (Wildman–Crippen LogP) is 3.50. The molecule has 0 unspecified atom stereocenters. The van der Waals surface area contributed by atoms with Crippen molar-refractivity contribution in [2.24, 2.45) is 0 Å². The molecule has 2 aromatic rings. The first kappa shape index (κ1) is 17.6. The van der Waals surface area contributed by atoms with Crippen LogP contribution >= 0.6 is 11.6 Å². The second kappa shape index (κ2) is 8.79. The summed E-state index contributed by atoms with van der Waals surface area (Å²) in [6.07, 6.45) is 0.123. The fourth-order valence-corrected chi connectivity index (χ4v) is 2.15. The third-order valence-electron chi connectivity index (χ3n) is 3.10. The molecule has 0 aromatic heterocycles. The molecule has 2 aromatic carbocycles. The summed E-state index contributed by atoms with van der Waals surface area (Å²) in [7, 11) is 1.51. The molecule has 6 nitrogen and oxygen atoms in total. The van der Waals surface area contributed by atoms with Crippen LogP contribution in [0.4, 0.5) is 16.2 Å². The van der Waals surface area contributed by atoms with Crippen LogP contribution in [0.5, 0.6) is 5.75 Å². The van der Waals surface area contributed by atoms with E-state index in [9.17, 15) is 9.59 Å². The number of urea groups is 1. The van der Waals surface area contributed by atoms with E-state index in [1.807, 2.05) is 18.2 Å². The number of hydrogen-bond donors (Lipinski definition) is 3. The maximum absolute atomic E-state index is 12.0. The lowest BCUT2D eigenvalue weighted by atomic mass is 10.2. The lowest BCUT2D eigenvalue weighted by Gasteiger charge is -2.11. The SMILES string of the molecule is COc1ccc(Cl)cc1NC(=O)CCNC(=O)Nc1ccccc1. The number of ether oxygens (including phenoxy) is 1. The van der Waals surface area contributed by atoms with Crippen molar-refractivity contribution in [2.75, 3.05) is 24.3 Å². The predicted molar refractivity (Wildman–Crippen MR) is 94.7 cm³/mol. The third-order valence-corrected chi connectivity index (χ3v) is 3.34. The van der Waals surface area contributed by atoms with Crippen LogP contribution in [0.2, 0.25) is 5.02 Å². The molecular formula is C17H18ClN3O3. The molecule has 3 N–H and O–H groups in total. The van der Waals surface area contributed by atoms with E-state index < -0.39 is 0 Å². The minimum Gasteiger partial charge on any atom is -0.495 e. The molecule has 0 spiro atoms. The zero-order chi connectivity index (χ0) is 17.4. The van der Waals surface area contributed by atoms with Crippen LogP contribution in [0, 0.1) is 0 Å². The van der Waals surface area contributed by atoms with Crippen LogP contribution < -0.4 is 20.7 Å². The average molecular weight is 348 g/mol. The number of nitrogens with one attached hydrogen (secondary N) is 3. The standard InChI is InChI=1S/C17H18ClN3O3/c1-24-15-8-7-12(18)11-14(15)21-16(22)9-10-19-17(23)20-13-5-3-2-4-6-13/h2-8,11H,9-10H2,1H3,(H,21,22)(H2,19,20,23). The van der Waals surface area contributed by atoms with Crippen molar-refractivity contribution < 1.29 is 14.3 Å². The zero-order valence-corrected chi connectivity index (χ0v) is 13.9. The van der Waals surface area contributed by atoms with Crippen molar-refractivity contribution >= 4 is 34.9 Å². The smallest absolute Gasteiger partial charge is 0.319 e. The Balaban J connectivity index is 1.77. The van der Waals surface area contributed by atoms with E-state index in [0.717, 1.165) is 0 Å². The van der Waals surface area contributed by atoms with E-state index in [1.165, 1.54) is 7.11 Å². The summed E-state index contributed by atoms with van der Waals surface area (Å²) in [6, 6.07) is 13.6. The molecule has 0 fully saturated rings. The molecule has 0 bridgehead atoms. The number of carbonyl (C=O) groups is 2. The van der Waals surface area contributed by atoms with Crippen LogP contribution in [-0.4, -0.2) is 25.6 Å². The van der Waals surface area contributed by atoms with Gasteiger partial charge in [0.2, 0.25) is 5.91 Å². The van der Waals surface area contributed by atoms with Crippen molar-refractivity contribution in [2.45, 2.75) is 6.42 Å². The second-order valence-electron chi connectivity index (χ2n) is 4.89. The number of carbonyl (C=O) groups excluding carboxylic acids is 2. The van der Waals surface area contributed by atoms with E-state index >= 15 is 0 Å². The highest BCUT2D eigenvalue weighted by Gasteiger charge is 2.09. The minimum atomic E-state index is -0.366. The van der Waals surface area contributed by atoms with Crippen LogP contribution in [0.25, 0.3) is 0 Å². The summed E-state index contributed by atoms with van der Waals surface area (Å²) >= 11 is 5.91. The van der Waals surface area contributed by atoms with Gasteiger partial charge in [0.05, 0.1) is 12.8 Å². The third kappa shape index (κ3) is 5.48. The Morgan fingerprint density at radius 3 is 2.54 bits per heavy atom. The van der Waals surface area contributed by atoms with Crippen LogP contribution in [0.15, 0.2) is 48.5 Å². The topological polar surface area (TPSA) is 79.5 Å². The molecule has 7 heteroatoms. The Hall–Kier alpha value is -2.73. The van der Waals surface area contributed by atoms with Gasteiger partial charge in [-0.05, 0) is 30.3 Å². The van der Waals surface area contributed by atoms with Crippen LogP contribution in [0.3, 0.4) is 0 Å².